The summed E-state index contributed by atoms with van der Waals surface area (Å²) >= 11 is 0. The van der Waals surface area contributed by atoms with Gasteiger partial charge in [0.25, 0.3) is 0 Å². The number of para-hydroxylation sites is 2. The topological polar surface area (TPSA) is 15.3 Å². The Morgan fingerprint density at radius 3 is 2.59 bits per heavy atom. The van der Waals surface area contributed by atoms with Gasteiger partial charge >= 0.3 is 0 Å². The summed E-state index contributed by atoms with van der Waals surface area (Å²) in [7, 11) is 0. The maximum Gasteiger partial charge on any atom is 0.118 e. The smallest absolute Gasteiger partial charge is 0.118 e. The monoisotopic (exact) mass is 356 g/mol. The molecule has 2 nitrogen and oxygen atoms in total. The van der Waals surface area contributed by atoms with Crippen LogP contribution in [0, 0.1) is 5.92 Å². The molecule has 4 aliphatic rings. The lowest BCUT2D eigenvalue weighted by molar-refractivity contribution is 0.176. The number of nitrogens with one attached hydrogen (secondary N) is 1. The van der Waals surface area contributed by atoms with Crippen molar-refractivity contribution in [3.8, 4) is 0 Å². The second-order valence-electron chi connectivity index (χ2n) is 8.82. The van der Waals surface area contributed by atoms with Crippen LogP contribution < -0.4 is 10.2 Å². The van der Waals surface area contributed by atoms with Gasteiger partial charge < -0.3 is 10.2 Å². The number of nitrogens with zero attached hydrogens (tertiary/aromatic N) is 1. The minimum absolute atomic E-state index is 0.0820. The molecule has 27 heavy (non-hydrogen) atoms. The molecule has 0 aromatic heterocycles. The minimum atomic E-state index is 0.0820. The molecule has 0 amide bonds. The molecule has 0 saturated heterocycles. The maximum absolute atomic E-state index is 4.08. The Bertz CT molecular complexity index is 900. The van der Waals surface area contributed by atoms with Crippen LogP contribution in [0.3, 0.4) is 0 Å². The van der Waals surface area contributed by atoms with Crippen LogP contribution in [0.5, 0.6) is 0 Å². The Morgan fingerprint density at radius 2 is 1.67 bits per heavy atom. The van der Waals surface area contributed by atoms with Gasteiger partial charge in [0.2, 0.25) is 0 Å². The standard InChI is InChI=1S/C25H28N2/c1-2-10-18(11-3-1)24-19-12-4-6-15-22(19)27-23-16-7-5-14-21(23)26-25(27)17-9-8-13-20(24)25/h1-3,5,7,10-11,14,16,20,24,26H,4,6,8-9,12-13,15,17H2/t20-,24-,25+/m0/s1. The fraction of sp³-hybridized carbons (Fsp3) is 0.440. The molecule has 2 heterocycles. The van der Waals surface area contributed by atoms with Gasteiger partial charge in [0.05, 0.1) is 11.4 Å². The highest BCUT2D eigenvalue weighted by atomic mass is 15.4. The van der Waals surface area contributed by atoms with Gasteiger partial charge in [-0.05, 0) is 68.2 Å². The third kappa shape index (κ3) is 2.13. The molecular weight excluding hydrogens is 328 g/mol. The zero-order chi connectivity index (χ0) is 17.8. The van der Waals surface area contributed by atoms with E-state index in [0.717, 1.165) is 0 Å². The van der Waals surface area contributed by atoms with E-state index in [-0.39, 0.29) is 5.66 Å². The molecule has 1 saturated carbocycles. The Balaban J connectivity index is 1.61. The van der Waals surface area contributed by atoms with Crippen molar-refractivity contribution in [1.82, 2.24) is 0 Å². The lowest BCUT2D eigenvalue weighted by atomic mass is 9.62. The van der Waals surface area contributed by atoms with Gasteiger partial charge in [-0.15, -0.1) is 0 Å². The summed E-state index contributed by atoms with van der Waals surface area (Å²) in [4.78, 5) is 2.78. The predicted octanol–water partition coefficient (Wildman–Crippen LogP) is 6.43. The van der Waals surface area contributed by atoms with Crippen molar-refractivity contribution in [3.63, 3.8) is 0 Å². The van der Waals surface area contributed by atoms with Crippen LogP contribution in [0.1, 0.15) is 62.8 Å². The molecule has 2 heteroatoms. The van der Waals surface area contributed by atoms with Crippen LogP contribution in [0.4, 0.5) is 11.4 Å². The first-order valence-electron chi connectivity index (χ1n) is 10.8. The number of allylic oxidation sites excluding steroid dienone is 2. The highest BCUT2D eigenvalue weighted by Gasteiger charge is 2.57. The molecule has 2 aliphatic heterocycles. The van der Waals surface area contributed by atoms with Crippen molar-refractivity contribution < 1.29 is 0 Å². The number of hydrogen-bond donors (Lipinski definition) is 1. The van der Waals surface area contributed by atoms with Crippen LogP contribution >= 0.6 is 0 Å². The number of rotatable bonds is 1. The number of anilines is 2. The zero-order valence-corrected chi connectivity index (χ0v) is 16.0. The molecule has 1 spiro atoms. The number of benzene rings is 2. The second-order valence-corrected chi connectivity index (χ2v) is 8.82. The van der Waals surface area contributed by atoms with E-state index in [4.69, 9.17) is 0 Å². The van der Waals surface area contributed by atoms with E-state index in [2.05, 4.69) is 64.8 Å². The van der Waals surface area contributed by atoms with Crippen molar-refractivity contribution in [2.24, 2.45) is 5.92 Å². The first kappa shape index (κ1) is 15.8. The van der Waals surface area contributed by atoms with E-state index in [0.29, 0.717) is 11.8 Å². The quantitative estimate of drug-likeness (QED) is 0.633. The van der Waals surface area contributed by atoms with Crippen LogP contribution in [0.2, 0.25) is 0 Å². The summed E-state index contributed by atoms with van der Waals surface area (Å²) < 4.78 is 0. The van der Waals surface area contributed by atoms with Crippen molar-refractivity contribution in [2.75, 3.05) is 10.2 Å². The van der Waals surface area contributed by atoms with Gasteiger partial charge in [-0.2, -0.15) is 0 Å². The van der Waals surface area contributed by atoms with Crippen LogP contribution in [-0.4, -0.2) is 5.66 Å². The normalized spacial score (nSPS) is 31.5. The van der Waals surface area contributed by atoms with Crippen LogP contribution in [0.15, 0.2) is 65.9 Å². The average molecular weight is 357 g/mol. The Kier molecular flexibility index (Phi) is 3.45. The lowest BCUT2D eigenvalue weighted by Gasteiger charge is -2.57. The molecule has 1 N–H and O–H groups in total. The number of hydrogen-bond acceptors (Lipinski definition) is 2. The number of fused-ring (bicyclic) bond motifs is 3. The Morgan fingerprint density at radius 1 is 0.852 bits per heavy atom. The molecule has 2 aromatic carbocycles. The fourth-order valence-corrected chi connectivity index (χ4v) is 6.56. The SMILES string of the molecule is c1ccc([C@H]2C3=C(CCCC3)N3c4ccccc4N[C@]34CCCC[C@@H]24)cc1. The molecular formula is C25H28N2. The molecule has 0 radical (unpaired) electrons. The summed E-state index contributed by atoms with van der Waals surface area (Å²) in [5.41, 5.74) is 7.77. The van der Waals surface area contributed by atoms with Gasteiger partial charge in [-0.1, -0.05) is 48.9 Å². The van der Waals surface area contributed by atoms with E-state index in [1.54, 1.807) is 11.3 Å². The zero-order valence-electron chi connectivity index (χ0n) is 16.0. The van der Waals surface area contributed by atoms with Crippen LogP contribution in [-0.2, 0) is 0 Å². The predicted molar refractivity (Wildman–Crippen MR) is 112 cm³/mol. The van der Waals surface area contributed by atoms with Crippen LogP contribution in [0.25, 0.3) is 0 Å². The van der Waals surface area contributed by atoms with E-state index < -0.39 is 0 Å². The summed E-state index contributed by atoms with van der Waals surface area (Å²) in [6.07, 6.45) is 10.5. The minimum Gasteiger partial charge on any atom is -0.360 e. The van der Waals surface area contributed by atoms with Crippen molar-refractivity contribution in [3.05, 3.63) is 71.4 Å². The van der Waals surface area contributed by atoms with E-state index in [1.165, 1.54) is 68.3 Å². The molecule has 2 aliphatic carbocycles. The average Bonchev–Trinajstić information content (AvgIpc) is 3.06. The first-order valence-corrected chi connectivity index (χ1v) is 10.8. The molecule has 0 bridgehead atoms. The Hall–Kier alpha value is -2.22. The largest absolute Gasteiger partial charge is 0.360 e. The highest BCUT2D eigenvalue weighted by molar-refractivity contribution is 5.82. The van der Waals surface area contributed by atoms with Gasteiger partial charge in [-0.3, -0.25) is 0 Å². The molecule has 138 valence electrons. The third-order valence-electron chi connectivity index (χ3n) is 7.52. The lowest BCUT2D eigenvalue weighted by Crippen LogP contribution is -2.62. The molecule has 3 atom stereocenters. The van der Waals surface area contributed by atoms with Gasteiger partial charge in [0, 0.05) is 17.5 Å². The molecule has 0 unspecified atom stereocenters. The summed E-state index contributed by atoms with van der Waals surface area (Å²) in [6.45, 7) is 0. The first-order chi connectivity index (χ1) is 13.4. The summed E-state index contributed by atoms with van der Waals surface area (Å²) in [5, 5.41) is 4.08. The Labute approximate surface area is 162 Å². The van der Waals surface area contributed by atoms with Crippen molar-refractivity contribution in [1.29, 1.82) is 0 Å². The van der Waals surface area contributed by atoms with Gasteiger partial charge in [0.15, 0.2) is 0 Å². The van der Waals surface area contributed by atoms with E-state index in [1.807, 2.05) is 0 Å². The van der Waals surface area contributed by atoms with Crippen molar-refractivity contribution in [2.45, 2.75) is 62.9 Å². The third-order valence-corrected chi connectivity index (χ3v) is 7.52. The van der Waals surface area contributed by atoms with E-state index in [9.17, 15) is 0 Å². The summed E-state index contributed by atoms with van der Waals surface area (Å²) in [5.74, 6) is 1.23. The fourth-order valence-electron chi connectivity index (χ4n) is 6.56. The molecule has 1 fully saturated rings. The van der Waals surface area contributed by atoms with Crippen molar-refractivity contribution >= 4 is 11.4 Å². The molecule has 2 aromatic rings. The highest BCUT2D eigenvalue weighted by Crippen LogP contribution is 2.61. The maximum atomic E-state index is 4.08. The van der Waals surface area contributed by atoms with Gasteiger partial charge in [-0.25, -0.2) is 0 Å². The second kappa shape index (κ2) is 5.89. The van der Waals surface area contributed by atoms with E-state index >= 15 is 0 Å². The summed E-state index contributed by atoms with van der Waals surface area (Å²) in [6, 6.07) is 20.4. The van der Waals surface area contributed by atoms with Gasteiger partial charge in [0.1, 0.15) is 5.66 Å². The molecule has 6 rings (SSSR count).